The molecule has 11 heteroatoms. The Morgan fingerprint density at radius 2 is 2.10 bits per heavy atom. The van der Waals surface area contributed by atoms with Gasteiger partial charge < -0.3 is 24.5 Å². The van der Waals surface area contributed by atoms with Gasteiger partial charge in [-0.3, -0.25) is 14.5 Å². The molecule has 2 aliphatic rings. The molecule has 1 amide bonds. The smallest absolute Gasteiger partial charge is 0.358 e. The molecule has 0 spiro atoms. The highest BCUT2D eigenvalue weighted by atomic mass is 32.2. The average Bonchev–Trinajstić information content (AvgIpc) is 3.09. The topological polar surface area (TPSA) is 134 Å². The number of hydrogen-bond acceptors (Lipinski definition) is 10. The molecule has 0 bridgehead atoms. The molecule has 1 aromatic rings. The van der Waals surface area contributed by atoms with Gasteiger partial charge in [0.25, 0.3) is 5.88 Å². The maximum Gasteiger partial charge on any atom is 0.358 e. The lowest BCUT2D eigenvalue weighted by Gasteiger charge is -2.48. The molecular formula is C18H23N3O7S. The summed E-state index contributed by atoms with van der Waals surface area (Å²) in [5, 5.41) is 3.39. The predicted octanol–water partition coefficient (Wildman–Crippen LogP) is 0.948. The Labute approximate surface area is 171 Å². The molecule has 10 nitrogen and oxygen atoms in total. The van der Waals surface area contributed by atoms with Crippen LogP contribution in [0.25, 0.3) is 0 Å². The average molecular weight is 425 g/mol. The molecule has 3 rings (SSSR count). The summed E-state index contributed by atoms with van der Waals surface area (Å²) >= 11 is 1.43. The van der Waals surface area contributed by atoms with Gasteiger partial charge in [-0.2, -0.15) is 0 Å². The van der Waals surface area contributed by atoms with Crippen LogP contribution >= 0.6 is 11.8 Å². The van der Waals surface area contributed by atoms with Gasteiger partial charge >= 0.3 is 11.9 Å². The lowest BCUT2D eigenvalue weighted by Crippen LogP contribution is -2.68. The van der Waals surface area contributed by atoms with E-state index >= 15 is 0 Å². The van der Waals surface area contributed by atoms with Crippen molar-refractivity contribution in [3.8, 4) is 5.88 Å². The Balaban J connectivity index is 1.72. The van der Waals surface area contributed by atoms with Crippen molar-refractivity contribution in [1.82, 2.24) is 10.1 Å². The number of carbonyl (C=O) groups is 3. The molecule has 2 atom stereocenters. The van der Waals surface area contributed by atoms with Gasteiger partial charge in [-0.05, 0) is 32.9 Å². The number of rotatable bonds is 6. The summed E-state index contributed by atoms with van der Waals surface area (Å²) in [5.41, 5.74) is 5.70. The van der Waals surface area contributed by atoms with Gasteiger partial charge in [-0.15, -0.1) is 11.8 Å². The van der Waals surface area contributed by atoms with E-state index in [0.717, 1.165) is 0 Å². The van der Waals surface area contributed by atoms with Gasteiger partial charge in [0, 0.05) is 17.4 Å². The molecule has 3 heterocycles. The second-order valence-electron chi connectivity index (χ2n) is 7.68. The van der Waals surface area contributed by atoms with Crippen molar-refractivity contribution in [2.75, 3.05) is 19.2 Å². The van der Waals surface area contributed by atoms with Crippen LogP contribution in [0.5, 0.6) is 5.88 Å². The zero-order chi connectivity index (χ0) is 21.3. The van der Waals surface area contributed by atoms with E-state index in [1.807, 2.05) is 0 Å². The number of nitrogens with zero attached hydrogens (tertiary/aromatic N) is 2. The monoisotopic (exact) mass is 425 g/mol. The van der Waals surface area contributed by atoms with Crippen LogP contribution in [-0.4, -0.2) is 58.5 Å². The highest BCUT2D eigenvalue weighted by Gasteiger charge is 2.52. The fourth-order valence-electron chi connectivity index (χ4n) is 2.67. The quantitative estimate of drug-likeness (QED) is 0.399. The molecule has 0 radical (unpaired) electrons. The number of hydrogen-bond donors (Lipinski definition) is 1. The minimum absolute atomic E-state index is 0.0108. The number of aryl methyl sites for hydroxylation is 1. The Bertz CT molecular complexity index is 858. The van der Waals surface area contributed by atoms with E-state index in [4.69, 9.17) is 24.5 Å². The molecule has 0 aliphatic carbocycles. The van der Waals surface area contributed by atoms with Crippen molar-refractivity contribution in [1.29, 1.82) is 0 Å². The number of carbonyl (C=O) groups excluding carboxylic acids is 3. The van der Waals surface area contributed by atoms with E-state index in [2.05, 4.69) is 5.16 Å². The molecule has 1 saturated heterocycles. The number of β-lactam (4-membered cyclic amide) rings is 1. The van der Waals surface area contributed by atoms with Gasteiger partial charge in [-0.1, -0.05) is 0 Å². The number of aromatic nitrogens is 1. The molecule has 1 aromatic heterocycles. The summed E-state index contributed by atoms with van der Waals surface area (Å²) in [6.45, 7) is 6.23. The minimum Gasteiger partial charge on any atom is -0.471 e. The summed E-state index contributed by atoms with van der Waals surface area (Å²) in [6, 6.07) is 0.927. The van der Waals surface area contributed by atoms with E-state index in [-0.39, 0.29) is 29.5 Å². The Hall–Kier alpha value is -2.53. The first kappa shape index (κ1) is 21.2. The van der Waals surface area contributed by atoms with E-state index in [1.165, 1.54) is 16.7 Å². The third-order valence-electron chi connectivity index (χ3n) is 4.27. The van der Waals surface area contributed by atoms with Crippen LogP contribution in [0.3, 0.4) is 0 Å². The lowest BCUT2D eigenvalue weighted by atomic mass is 9.98. The molecule has 1 fully saturated rings. The van der Waals surface area contributed by atoms with Crippen molar-refractivity contribution < 1.29 is 33.1 Å². The van der Waals surface area contributed by atoms with Crippen molar-refractivity contribution in [3.63, 3.8) is 0 Å². The van der Waals surface area contributed by atoms with Gasteiger partial charge in [-0.25, -0.2) is 4.79 Å². The number of ether oxygens (including phenoxy) is 3. The zero-order valence-corrected chi connectivity index (χ0v) is 17.4. The number of thioether (sulfide) groups is 1. The van der Waals surface area contributed by atoms with Crippen LogP contribution in [0.4, 0.5) is 0 Å². The SMILES string of the molecule is Cc1cc(OCC2=C(C(=O)OCOC(=O)C(C)(C)C)N3C(=O)C(N)[C@H]3SC2)no1. The van der Waals surface area contributed by atoms with Gasteiger partial charge in [0.2, 0.25) is 12.7 Å². The summed E-state index contributed by atoms with van der Waals surface area (Å²) in [5.74, 6) is -0.409. The number of amides is 1. The van der Waals surface area contributed by atoms with Gasteiger partial charge in [0.1, 0.15) is 29.5 Å². The van der Waals surface area contributed by atoms with Crippen molar-refractivity contribution in [3.05, 3.63) is 23.1 Å². The van der Waals surface area contributed by atoms with Crippen molar-refractivity contribution >= 4 is 29.6 Å². The van der Waals surface area contributed by atoms with Crippen LogP contribution in [-0.2, 0) is 23.9 Å². The summed E-state index contributed by atoms with van der Waals surface area (Å²) in [7, 11) is 0. The van der Waals surface area contributed by atoms with E-state index in [1.54, 1.807) is 33.8 Å². The van der Waals surface area contributed by atoms with Crippen LogP contribution in [0.1, 0.15) is 26.5 Å². The maximum atomic E-state index is 12.7. The highest BCUT2D eigenvalue weighted by Crippen LogP contribution is 2.39. The number of esters is 2. The van der Waals surface area contributed by atoms with E-state index in [0.29, 0.717) is 17.1 Å². The fourth-order valence-corrected chi connectivity index (χ4v) is 3.95. The molecule has 158 valence electrons. The fraction of sp³-hybridized carbons (Fsp3) is 0.556. The number of nitrogens with two attached hydrogens (primary N) is 1. The molecule has 2 N–H and O–H groups in total. The summed E-state index contributed by atoms with van der Waals surface area (Å²) < 4.78 is 20.6. The van der Waals surface area contributed by atoms with Gasteiger partial charge in [0.15, 0.2) is 0 Å². The highest BCUT2D eigenvalue weighted by molar-refractivity contribution is 8.00. The van der Waals surface area contributed by atoms with E-state index < -0.39 is 30.2 Å². The normalized spacial score (nSPS) is 21.4. The molecule has 0 aromatic carbocycles. The summed E-state index contributed by atoms with van der Waals surface area (Å²) in [6.07, 6.45) is 0. The van der Waals surface area contributed by atoms with E-state index in [9.17, 15) is 14.4 Å². The predicted molar refractivity (Wildman–Crippen MR) is 101 cm³/mol. The Morgan fingerprint density at radius 1 is 1.38 bits per heavy atom. The maximum absolute atomic E-state index is 12.7. The summed E-state index contributed by atoms with van der Waals surface area (Å²) in [4.78, 5) is 38.1. The first-order chi connectivity index (χ1) is 13.6. The standard InChI is InChI=1S/C18H23N3O7S/c1-9-5-11(20-28-9)25-6-10-7-29-15-12(19)14(22)21(15)13(10)16(23)26-8-27-17(24)18(2,3)4/h5,12,15H,6-8,19H2,1-4H3/t12?,15-/m1/s1. The van der Waals surface area contributed by atoms with Crippen LogP contribution in [0.15, 0.2) is 21.9 Å². The van der Waals surface area contributed by atoms with Crippen molar-refractivity contribution in [2.24, 2.45) is 11.1 Å². The van der Waals surface area contributed by atoms with Gasteiger partial charge in [0.05, 0.1) is 5.41 Å². The molecule has 2 aliphatic heterocycles. The molecule has 29 heavy (non-hydrogen) atoms. The van der Waals surface area contributed by atoms with Crippen LogP contribution in [0.2, 0.25) is 0 Å². The zero-order valence-electron chi connectivity index (χ0n) is 16.6. The minimum atomic E-state index is -0.785. The number of fused-ring (bicyclic) bond motifs is 1. The lowest BCUT2D eigenvalue weighted by molar-refractivity contribution is -0.173. The largest absolute Gasteiger partial charge is 0.471 e. The molecule has 1 unspecified atom stereocenters. The first-order valence-electron chi connectivity index (χ1n) is 8.92. The third-order valence-corrected chi connectivity index (χ3v) is 5.64. The second kappa shape index (κ2) is 8.07. The third kappa shape index (κ3) is 4.40. The molecular weight excluding hydrogens is 402 g/mol. The van der Waals surface area contributed by atoms with Crippen LogP contribution < -0.4 is 10.5 Å². The Kier molecular flexibility index (Phi) is 5.90. The van der Waals surface area contributed by atoms with Crippen LogP contribution in [0, 0.1) is 12.3 Å². The molecule has 0 saturated carbocycles. The second-order valence-corrected chi connectivity index (χ2v) is 8.79. The van der Waals surface area contributed by atoms with Crippen molar-refractivity contribution in [2.45, 2.75) is 39.1 Å². The Morgan fingerprint density at radius 3 is 2.72 bits per heavy atom. The first-order valence-corrected chi connectivity index (χ1v) is 9.97.